The van der Waals surface area contributed by atoms with Crippen molar-refractivity contribution >= 4 is 12.2 Å². The maximum atomic E-state index is 5.89. The van der Waals surface area contributed by atoms with Crippen molar-refractivity contribution in [2.75, 3.05) is 0 Å². The summed E-state index contributed by atoms with van der Waals surface area (Å²) in [7, 11) is 0. The van der Waals surface area contributed by atoms with Crippen LogP contribution >= 0.6 is 12.2 Å². The van der Waals surface area contributed by atoms with Crippen molar-refractivity contribution in [2.24, 2.45) is 0 Å². The molecule has 1 atom stereocenters. The summed E-state index contributed by atoms with van der Waals surface area (Å²) in [5, 5.41) is 0. The molecule has 88 valence electrons. The topological polar surface area (TPSA) is 29.9 Å². The number of ether oxygens (including phenoxy) is 1. The van der Waals surface area contributed by atoms with Crippen LogP contribution in [0.5, 0.6) is 5.75 Å². The van der Waals surface area contributed by atoms with Crippen LogP contribution in [0.25, 0.3) is 0 Å². The number of aromatic nitrogens is 2. The lowest BCUT2D eigenvalue weighted by Gasteiger charge is -2.10. The van der Waals surface area contributed by atoms with Gasteiger partial charge in [-0.2, -0.15) is 0 Å². The Balaban J connectivity index is 1.78. The van der Waals surface area contributed by atoms with Crippen LogP contribution in [0.15, 0.2) is 30.5 Å². The van der Waals surface area contributed by atoms with Crippen LogP contribution in [0.2, 0.25) is 0 Å². The standard InChI is InChI=1S/C13H14N2OS/c1-9-7-15(13(17)14-9)8-11-6-10-4-2-3-5-12(10)16-11/h2-5,7,11H,6,8H2,1H3,(H,14,17). The number of hydrogen-bond donors (Lipinski definition) is 1. The molecule has 0 bridgehead atoms. The number of aryl methyl sites for hydroxylation is 1. The molecule has 3 rings (SSSR count). The second-order valence-corrected chi connectivity index (χ2v) is 4.83. The van der Waals surface area contributed by atoms with E-state index in [2.05, 4.69) is 17.1 Å². The van der Waals surface area contributed by atoms with Crippen LogP contribution in [0.1, 0.15) is 11.3 Å². The molecule has 0 spiro atoms. The summed E-state index contributed by atoms with van der Waals surface area (Å²) in [6.07, 6.45) is 3.19. The first kappa shape index (κ1) is 10.6. The number of aromatic amines is 1. The van der Waals surface area contributed by atoms with Gasteiger partial charge >= 0.3 is 0 Å². The summed E-state index contributed by atoms with van der Waals surface area (Å²) >= 11 is 5.25. The number of hydrogen-bond acceptors (Lipinski definition) is 2. The lowest BCUT2D eigenvalue weighted by atomic mass is 10.1. The highest BCUT2D eigenvalue weighted by atomic mass is 32.1. The zero-order valence-electron chi connectivity index (χ0n) is 9.64. The largest absolute Gasteiger partial charge is 0.488 e. The van der Waals surface area contributed by atoms with Crippen LogP contribution in [-0.4, -0.2) is 15.7 Å². The molecule has 1 N–H and O–H groups in total. The molecule has 1 aromatic carbocycles. The van der Waals surface area contributed by atoms with Crippen molar-refractivity contribution in [2.45, 2.75) is 26.0 Å². The lowest BCUT2D eigenvalue weighted by Crippen LogP contribution is -2.20. The van der Waals surface area contributed by atoms with Crippen molar-refractivity contribution in [1.82, 2.24) is 9.55 Å². The SMILES string of the molecule is Cc1cn(CC2Cc3ccccc3O2)c(=S)[nH]1. The van der Waals surface area contributed by atoms with E-state index in [4.69, 9.17) is 17.0 Å². The van der Waals surface area contributed by atoms with E-state index in [9.17, 15) is 0 Å². The molecule has 17 heavy (non-hydrogen) atoms. The number of imidazole rings is 1. The van der Waals surface area contributed by atoms with Gasteiger partial charge in [0.25, 0.3) is 0 Å². The van der Waals surface area contributed by atoms with Gasteiger partial charge in [0.2, 0.25) is 0 Å². The van der Waals surface area contributed by atoms with Crippen molar-refractivity contribution in [3.63, 3.8) is 0 Å². The van der Waals surface area contributed by atoms with E-state index in [1.807, 2.05) is 29.8 Å². The first-order chi connectivity index (χ1) is 8.22. The highest BCUT2D eigenvalue weighted by Crippen LogP contribution is 2.28. The Labute approximate surface area is 105 Å². The highest BCUT2D eigenvalue weighted by molar-refractivity contribution is 7.71. The summed E-state index contributed by atoms with van der Waals surface area (Å²) in [4.78, 5) is 3.12. The van der Waals surface area contributed by atoms with Gasteiger partial charge in [0.15, 0.2) is 4.77 Å². The van der Waals surface area contributed by atoms with Crippen molar-refractivity contribution in [1.29, 1.82) is 0 Å². The van der Waals surface area contributed by atoms with Gasteiger partial charge in [-0.15, -0.1) is 0 Å². The molecule has 3 nitrogen and oxygen atoms in total. The normalized spacial score (nSPS) is 17.8. The molecule has 1 aromatic heterocycles. The number of para-hydroxylation sites is 1. The molecule has 0 amide bonds. The van der Waals surface area contributed by atoms with E-state index in [1.54, 1.807) is 0 Å². The minimum Gasteiger partial charge on any atom is -0.488 e. The Hall–Kier alpha value is -1.55. The second-order valence-electron chi connectivity index (χ2n) is 4.45. The Kier molecular flexibility index (Phi) is 2.52. The monoisotopic (exact) mass is 246 g/mol. The van der Waals surface area contributed by atoms with Crippen LogP contribution in [0.3, 0.4) is 0 Å². The maximum absolute atomic E-state index is 5.89. The van der Waals surface area contributed by atoms with Gasteiger partial charge in [0.05, 0.1) is 6.54 Å². The number of rotatable bonds is 2. The average molecular weight is 246 g/mol. The van der Waals surface area contributed by atoms with E-state index < -0.39 is 0 Å². The van der Waals surface area contributed by atoms with Crippen LogP contribution < -0.4 is 4.74 Å². The zero-order chi connectivity index (χ0) is 11.8. The number of benzene rings is 1. The lowest BCUT2D eigenvalue weighted by molar-refractivity contribution is 0.208. The van der Waals surface area contributed by atoms with E-state index >= 15 is 0 Å². The van der Waals surface area contributed by atoms with Gasteiger partial charge in [-0.1, -0.05) is 18.2 Å². The van der Waals surface area contributed by atoms with E-state index in [0.29, 0.717) is 0 Å². The number of H-pyrrole nitrogens is 1. The van der Waals surface area contributed by atoms with Crippen molar-refractivity contribution in [3.8, 4) is 5.75 Å². The molecule has 0 saturated carbocycles. The molecule has 0 fully saturated rings. The summed E-state index contributed by atoms with van der Waals surface area (Å²) < 4.78 is 8.70. The first-order valence-electron chi connectivity index (χ1n) is 5.73. The third kappa shape index (κ3) is 2.00. The molecule has 1 aliphatic rings. The highest BCUT2D eigenvalue weighted by Gasteiger charge is 2.22. The van der Waals surface area contributed by atoms with Gasteiger partial charge in [0.1, 0.15) is 11.9 Å². The molecule has 2 aromatic rings. The van der Waals surface area contributed by atoms with Gasteiger partial charge in [-0.3, -0.25) is 0 Å². The Morgan fingerprint density at radius 1 is 1.47 bits per heavy atom. The summed E-state index contributed by atoms with van der Waals surface area (Å²) in [5.41, 5.74) is 2.38. The molecular weight excluding hydrogens is 232 g/mol. The minimum atomic E-state index is 0.189. The predicted molar refractivity (Wildman–Crippen MR) is 68.9 cm³/mol. The fourth-order valence-electron chi connectivity index (χ4n) is 2.28. The third-order valence-electron chi connectivity index (χ3n) is 3.03. The Morgan fingerprint density at radius 2 is 2.29 bits per heavy atom. The Bertz CT molecular complexity index is 574. The van der Waals surface area contributed by atoms with E-state index in [-0.39, 0.29) is 6.10 Å². The van der Waals surface area contributed by atoms with Gasteiger partial charge in [0, 0.05) is 18.3 Å². The van der Waals surface area contributed by atoms with Gasteiger partial charge in [-0.05, 0) is 30.8 Å². The summed E-state index contributed by atoms with van der Waals surface area (Å²) in [5.74, 6) is 1.01. The maximum Gasteiger partial charge on any atom is 0.177 e. The first-order valence-corrected chi connectivity index (χ1v) is 6.14. The van der Waals surface area contributed by atoms with Crippen LogP contribution in [0, 0.1) is 11.7 Å². The molecule has 0 saturated heterocycles. The van der Waals surface area contributed by atoms with Gasteiger partial charge in [-0.25, -0.2) is 0 Å². The smallest absolute Gasteiger partial charge is 0.177 e. The zero-order valence-corrected chi connectivity index (χ0v) is 10.5. The molecule has 2 heterocycles. The molecule has 4 heteroatoms. The van der Waals surface area contributed by atoms with Crippen molar-refractivity contribution < 1.29 is 4.74 Å². The third-order valence-corrected chi connectivity index (χ3v) is 3.37. The quantitative estimate of drug-likeness (QED) is 0.826. The van der Waals surface area contributed by atoms with Crippen molar-refractivity contribution in [3.05, 3.63) is 46.5 Å². The van der Waals surface area contributed by atoms with Gasteiger partial charge < -0.3 is 14.3 Å². The number of fused-ring (bicyclic) bond motifs is 1. The summed E-state index contributed by atoms with van der Waals surface area (Å²) in [6, 6.07) is 8.21. The van der Waals surface area contributed by atoms with Crippen LogP contribution in [0.4, 0.5) is 0 Å². The fraction of sp³-hybridized carbons (Fsp3) is 0.308. The molecular formula is C13H14N2OS. The fourth-order valence-corrected chi connectivity index (χ4v) is 2.56. The number of nitrogens with one attached hydrogen (secondary N) is 1. The molecule has 0 aliphatic carbocycles. The molecule has 1 aliphatic heterocycles. The molecule has 0 radical (unpaired) electrons. The second kappa shape index (κ2) is 4.04. The number of nitrogens with zero attached hydrogens (tertiary/aromatic N) is 1. The Morgan fingerprint density at radius 3 is 3.00 bits per heavy atom. The van der Waals surface area contributed by atoms with Crippen LogP contribution in [-0.2, 0) is 13.0 Å². The van der Waals surface area contributed by atoms with E-state index in [0.717, 1.165) is 29.2 Å². The average Bonchev–Trinajstić information content (AvgIpc) is 2.82. The molecule has 1 unspecified atom stereocenters. The predicted octanol–water partition coefficient (Wildman–Crippen LogP) is 2.86. The van der Waals surface area contributed by atoms with E-state index in [1.165, 1.54) is 5.56 Å². The summed E-state index contributed by atoms with van der Waals surface area (Å²) in [6.45, 7) is 2.81. The minimum absolute atomic E-state index is 0.189.